The second kappa shape index (κ2) is 8.36. The highest BCUT2D eigenvalue weighted by atomic mass is 16.5. The molecule has 0 unspecified atom stereocenters. The SMILES string of the molecule is CNC(=O)C1=Nc2nc(N/N=C/c3cccc(C)c3)nc(N3CCOCC3)c2C1. The summed E-state index contributed by atoms with van der Waals surface area (Å²) in [6.45, 7) is 4.76. The van der Waals surface area contributed by atoms with Gasteiger partial charge in [0.1, 0.15) is 11.5 Å². The summed E-state index contributed by atoms with van der Waals surface area (Å²) < 4.78 is 5.45. The Morgan fingerprint density at radius 3 is 2.86 bits per heavy atom. The van der Waals surface area contributed by atoms with Gasteiger partial charge in [0.2, 0.25) is 5.95 Å². The van der Waals surface area contributed by atoms with Crippen LogP contribution in [0, 0.1) is 6.92 Å². The smallest absolute Gasteiger partial charge is 0.265 e. The Kier molecular flexibility index (Phi) is 5.48. The van der Waals surface area contributed by atoms with E-state index in [0.717, 1.165) is 35.6 Å². The summed E-state index contributed by atoms with van der Waals surface area (Å²) in [4.78, 5) is 27.7. The number of anilines is 2. The lowest BCUT2D eigenvalue weighted by Gasteiger charge is -2.29. The maximum atomic E-state index is 12.0. The Labute approximate surface area is 168 Å². The van der Waals surface area contributed by atoms with E-state index in [1.807, 2.05) is 31.2 Å². The first-order valence-corrected chi connectivity index (χ1v) is 9.53. The Morgan fingerprint density at radius 2 is 2.10 bits per heavy atom. The minimum Gasteiger partial charge on any atom is -0.378 e. The molecule has 3 heterocycles. The summed E-state index contributed by atoms with van der Waals surface area (Å²) in [5.41, 5.74) is 6.34. The zero-order valence-electron chi connectivity index (χ0n) is 16.5. The van der Waals surface area contributed by atoms with Gasteiger partial charge in [0.25, 0.3) is 5.91 Å². The summed E-state index contributed by atoms with van der Waals surface area (Å²) in [5, 5.41) is 6.89. The van der Waals surface area contributed by atoms with Gasteiger partial charge in [0.05, 0.1) is 19.4 Å². The highest BCUT2D eigenvalue weighted by Gasteiger charge is 2.28. The number of benzene rings is 1. The largest absolute Gasteiger partial charge is 0.378 e. The molecule has 0 bridgehead atoms. The van der Waals surface area contributed by atoms with Crippen LogP contribution >= 0.6 is 0 Å². The fourth-order valence-electron chi connectivity index (χ4n) is 3.32. The standard InChI is InChI=1S/C20H23N7O2/c1-13-4-3-5-14(10-13)12-22-26-20-24-17-15(11-16(23-17)19(28)21-2)18(25-20)27-6-8-29-9-7-27/h3-5,10,12H,6-9,11H2,1-2H3,(H,21,28)(H,24,25,26)/b22-12+. The molecule has 2 aromatic rings. The molecular weight excluding hydrogens is 370 g/mol. The number of fused-ring (bicyclic) bond motifs is 1. The van der Waals surface area contributed by atoms with E-state index < -0.39 is 0 Å². The number of rotatable bonds is 5. The van der Waals surface area contributed by atoms with Crippen LogP contribution in [-0.2, 0) is 16.0 Å². The van der Waals surface area contributed by atoms with Gasteiger partial charge in [-0.15, -0.1) is 0 Å². The molecule has 0 spiro atoms. The van der Waals surface area contributed by atoms with Crippen molar-refractivity contribution in [3.05, 3.63) is 41.0 Å². The van der Waals surface area contributed by atoms with Crippen molar-refractivity contribution in [3.8, 4) is 0 Å². The van der Waals surface area contributed by atoms with Crippen molar-refractivity contribution in [1.29, 1.82) is 0 Å². The van der Waals surface area contributed by atoms with Crippen molar-refractivity contribution in [3.63, 3.8) is 0 Å². The summed E-state index contributed by atoms with van der Waals surface area (Å²) in [7, 11) is 1.59. The van der Waals surface area contributed by atoms with E-state index in [2.05, 4.69) is 35.7 Å². The van der Waals surface area contributed by atoms with Gasteiger partial charge in [-0.05, 0) is 12.5 Å². The monoisotopic (exact) mass is 393 g/mol. The predicted molar refractivity (Wildman–Crippen MR) is 112 cm³/mol. The van der Waals surface area contributed by atoms with E-state index in [0.29, 0.717) is 37.1 Å². The van der Waals surface area contributed by atoms with Crippen LogP contribution in [0.15, 0.2) is 34.4 Å². The Morgan fingerprint density at radius 1 is 1.28 bits per heavy atom. The van der Waals surface area contributed by atoms with E-state index in [9.17, 15) is 4.79 Å². The van der Waals surface area contributed by atoms with Gasteiger partial charge in [-0.25, -0.2) is 10.4 Å². The number of morpholine rings is 1. The highest BCUT2D eigenvalue weighted by molar-refractivity contribution is 6.40. The van der Waals surface area contributed by atoms with Gasteiger partial charge in [-0.3, -0.25) is 4.79 Å². The number of ether oxygens (including phenoxy) is 1. The first kappa shape index (κ1) is 19.0. The lowest BCUT2D eigenvalue weighted by atomic mass is 10.1. The molecule has 1 aromatic carbocycles. The highest BCUT2D eigenvalue weighted by Crippen LogP contribution is 2.33. The summed E-state index contributed by atoms with van der Waals surface area (Å²) in [5.74, 6) is 1.42. The minimum atomic E-state index is -0.206. The van der Waals surface area contributed by atoms with Gasteiger partial charge >= 0.3 is 0 Å². The third kappa shape index (κ3) is 4.24. The molecule has 0 saturated carbocycles. The molecule has 0 aliphatic carbocycles. The number of carbonyl (C=O) groups excluding carboxylic acids is 1. The minimum absolute atomic E-state index is 0.206. The van der Waals surface area contributed by atoms with Gasteiger partial charge in [0, 0.05) is 32.1 Å². The number of aryl methyl sites for hydroxylation is 1. The quantitative estimate of drug-likeness (QED) is 0.588. The molecule has 0 radical (unpaired) electrons. The van der Waals surface area contributed by atoms with Gasteiger partial charge in [-0.1, -0.05) is 29.8 Å². The average molecular weight is 393 g/mol. The van der Waals surface area contributed by atoms with Crippen LogP contribution in [0.3, 0.4) is 0 Å². The van der Waals surface area contributed by atoms with Crippen molar-refractivity contribution in [2.45, 2.75) is 13.3 Å². The molecule has 4 rings (SSSR count). The van der Waals surface area contributed by atoms with Crippen molar-refractivity contribution in [1.82, 2.24) is 15.3 Å². The van der Waals surface area contributed by atoms with E-state index in [-0.39, 0.29) is 5.91 Å². The molecule has 1 amide bonds. The van der Waals surface area contributed by atoms with Crippen molar-refractivity contribution in [2.75, 3.05) is 43.7 Å². The third-order valence-electron chi connectivity index (χ3n) is 4.77. The summed E-state index contributed by atoms with van der Waals surface area (Å²) in [6.07, 6.45) is 2.13. The fraction of sp³-hybridized carbons (Fsp3) is 0.350. The third-order valence-corrected chi connectivity index (χ3v) is 4.77. The molecule has 0 atom stereocenters. The van der Waals surface area contributed by atoms with Crippen LogP contribution in [0.1, 0.15) is 16.7 Å². The fourth-order valence-corrected chi connectivity index (χ4v) is 3.32. The predicted octanol–water partition coefficient (Wildman–Crippen LogP) is 1.44. The number of aromatic nitrogens is 2. The second-order valence-electron chi connectivity index (χ2n) is 6.87. The second-order valence-corrected chi connectivity index (χ2v) is 6.87. The van der Waals surface area contributed by atoms with Crippen LogP contribution in [0.4, 0.5) is 17.6 Å². The molecule has 9 nitrogen and oxygen atoms in total. The lowest BCUT2D eigenvalue weighted by Crippen LogP contribution is -2.37. The van der Waals surface area contributed by atoms with E-state index in [1.165, 1.54) is 0 Å². The molecule has 29 heavy (non-hydrogen) atoms. The van der Waals surface area contributed by atoms with Crippen molar-refractivity contribution >= 4 is 35.4 Å². The van der Waals surface area contributed by atoms with Crippen LogP contribution in [0.5, 0.6) is 0 Å². The van der Waals surface area contributed by atoms with E-state index in [1.54, 1.807) is 13.3 Å². The number of carbonyl (C=O) groups is 1. The maximum absolute atomic E-state index is 12.0. The average Bonchev–Trinajstić information content (AvgIpc) is 3.17. The number of aliphatic imine (C=N–C) groups is 1. The molecule has 2 aliphatic rings. The first-order valence-electron chi connectivity index (χ1n) is 9.53. The van der Waals surface area contributed by atoms with Crippen LogP contribution in [-0.4, -0.2) is 61.2 Å². The Balaban J connectivity index is 1.62. The number of nitrogens with zero attached hydrogens (tertiary/aromatic N) is 5. The first-order chi connectivity index (χ1) is 14.1. The molecule has 9 heteroatoms. The van der Waals surface area contributed by atoms with E-state index in [4.69, 9.17) is 4.74 Å². The Hall–Kier alpha value is -3.33. The van der Waals surface area contributed by atoms with E-state index >= 15 is 0 Å². The normalized spacial score (nSPS) is 15.9. The van der Waals surface area contributed by atoms with Crippen LogP contribution in [0.25, 0.3) is 0 Å². The molecular formula is C20H23N7O2. The number of hydrazone groups is 1. The topological polar surface area (TPSA) is 104 Å². The molecule has 1 saturated heterocycles. The van der Waals surface area contributed by atoms with Crippen LogP contribution in [0.2, 0.25) is 0 Å². The number of amides is 1. The lowest BCUT2D eigenvalue weighted by molar-refractivity contribution is -0.114. The number of hydrogen-bond donors (Lipinski definition) is 2. The molecule has 2 aliphatic heterocycles. The molecule has 1 fully saturated rings. The molecule has 150 valence electrons. The van der Waals surface area contributed by atoms with Gasteiger partial charge < -0.3 is 15.0 Å². The zero-order chi connectivity index (χ0) is 20.2. The van der Waals surface area contributed by atoms with Crippen molar-refractivity contribution < 1.29 is 9.53 Å². The summed E-state index contributed by atoms with van der Waals surface area (Å²) in [6, 6.07) is 8.02. The van der Waals surface area contributed by atoms with Crippen LogP contribution < -0.4 is 15.6 Å². The maximum Gasteiger partial charge on any atom is 0.265 e. The molecule has 2 N–H and O–H groups in total. The Bertz CT molecular complexity index is 981. The van der Waals surface area contributed by atoms with Gasteiger partial charge in [0.15, 0.2) is 5.82 Å². The number of nitrogens with one attached hydrogen (secondary N) is 2. The van der Waals surface area contributed by atoms with Gasteiger partial charge in [-0.2, -0.15) is 15.1 Å². The summed E-state index contributed by atoms with van der Waals surface area (Å²) >= 11 is 0. The molecule has 1 aromatic heterocycles. The number of hydrogen-bond acceptors (Lipinski definition) is 8. The van der Waals surface area contributed by atoms with Crippen molar-refractivity contribution in [2.24, 2.45) is 10.1 Å². The zero-order valence-corrected chi connectivity index (χ0v) is 16.5.